The van der Waals surface area contributed by atoms with E-state index in [1.54, 1.807) is 6.92 Å². The van der Waals surface area contributed by atoms with E-state index in [2.05, 4.69) is 0 Å². The van der Waals surface area contributed by atoms with E-state index in [0.29, 0.717) is 19.6 Å². The van der Waals surface area contributed by atoms with Crippen molar-refractivity contribution in [3.63, 3.8) is 0 Å². The van der Waals surface area contributed by atoms with Crippen molar-refractivity contribution in [1.29, 1.82) is 0 Å². The molecule has 88 valence electrons. The summed E-state index contributed by atoms with van der Waals surface area (Å²) in [7, 11) is 0. The monoisotopic (exact) mass is 215 g/mol. The molecule has 1 aliphatic rings. The molecule has 0 aliphatic carbocycles. The Balaban J connectivity index is 2.53. The van der Waals surface area contributed by atoms with Crippen molar-refractivity contribution in [2.24, 2.45) is 11.1 Å². The van der Waals surface area contributed by atoms with Gasteiger partial charge in [0.05, 0.1) is 18.1 Å². The van der Waals surface area contributed by atoms with Crippen LogP contribution in [0.3, 0.4) is 0 Å². The Morgan fingerprint density at radius 2 is 2.40 bits per heavy atom. The van der Waals surface area contributed by atoms with Gasteiger partial charge < -0.3 is 15.2 Å². The van der Waals surface area contributed by atoms with Crippen LogP contribution in [0.5, 0.6) is 0 Å². The van der Waals surface area contributed by atoms with Crippen molar-refractivity contribution in [1.82, 2.24) is 0 Å². The molecule has 0 spiro atoms. The van der Waals surface area contributed by atoms with Gasteiger partial charge in [-0.15, -0.1) is 0 Å². The van der Waals surface area contributed by atoms with Gasteiger partial charge in [-0.1, -0.05) is 0 Å². The zero-order chi connectivity index (χ0) is 11.3. The van der Waals surface area contributed by atoms with Gasteiger partial charge in [0.15, 0.2) is 0 Å². The summed E-state index contributed by atoms with van der Waals surface area (Å²) in [5, 5.41) is 0. The van der Waals surface area contributed by atoms with Gasteiger partial charge in [-0.3, -0.25) is 4.79 Å². The highest BCUT2D eigenvalue weighted by Gasteiger charge is 2.37. The number of rotatable bonds is 5. The SMILES string of the molecule is CCOC(=O)C(C)(CN)CC1CCCO1. The lowest BCUT2D eigenvalue weighted by molar-refractivity contribution is -0.155. The Bertz CT molecular complexity index is 214. The summed E-state index contributed by atoms with van der Waals surface area (Å²) in [4.78, 5) is 11.7. The summed E-state index contributed by atoms with van der Waals surface area (Å²) in [6.07, 6.45) is 2.94. The zero-order valence-electron chi connectivity index (χ0n) is 9.62. The molecule has 4 nitrogen and oxygen atoms in total. The van der Waals surface area contributed by atoms with E-state index in [-0.39, 0.29) is 12.1 Å². The molecule has 1 rings (SSSR count). The van der Waals surface area contributed by atoms with Crippen LogP contribution in [0.15, 0.2) is 0 Å². The Hall–Kier alpha value is -0.610. The van der Waals surface area contributed by atoms with E-state index in [9.17, 15) is 4.79 Å². The molecule has 1 saturated heterocycles. The molecular weight excluding hydrogens is 194 g/mol. The lowest BCUT2D eigenvalue weighted by atomic mass is 9.84. The summed E-state index contributed by atoms with van der Waals surface area (Å²) in [6, 6.07) is 0. The van der Waals surface area contributed by atoms with E-state index in [1.807, 2.05) is 6.92 Å². The van der Waals surface area contributed by atoms with Crippen LogP contribution in [-0.2, 0) is 14.3 Å². The maximum absolute atomic E-state index is 11.7. The van der Waals surface area contributed by atoms with Crippen molar-refractivity contribution in [3.8, 4) is 0 Å². The summed E-state index contributed by atoms with van der Waals surface area (Å²) < 4.78 is 10.5. The quantitative estimate of drug-likeness (QED) is 0.697. The molecule has 1 heterocycles. The van der Waals surface area contributed by atoms with Crippen molar-refractivity contribution in [2.45, 2.75) is 39.2 Å². The van der Waals surface area contributed by atoms with E-state index >= 15 is 0 Å². The average molecular weight is 215 g/mol. The van der Waals surface area contributed by atoms with Crippen molar-refractivity contribution in [2.75, 3.05) is 19.8 Å². The van der Waals surface area contributed by atoms with Crippen LogP contribution >= 0.6 is 0 Å². The minimum Gasteiger partial charge on any atom is -0.466 e. The molecule has 0 aromatic rings. The molecule has 0 aromatic heterocycles. The first-order valence-electron chi connectivity index (χ1n) is 5.61. The van der Waals surface area contributed by atoms with Crippen LogP contribution in [0.25, 0.3) is 0 Å². The minimum absolute atomic E-state index is 0.169. The van der Waals surface area contributed by atoms with Crippen molar-refractivity contribution < 1.29 is 14.3 Å². The van der Waals surface area contributed by atoms with Crippen molar-refractivity contribution >= 4 is 5.97 Å². The molecule has 1 fully saturated rings. The fourth-order valence-electron chi connectivity index (χ4n) is 1.86. The highest BCUT2D eigenvalue weighted by atomic mass is 16.5. The van der Waals surface area contributed by atoms with Crippen LogP contribution < -0.4 is 5.73 Å². The Morgan fingerprint density at radius 3 is 2.87 bits per heavy atom. The Kier molecular flexibility index (Phi) is 4.54. The van der Waals surface area contributed by atoms with E-state index in [4.69, 9.17) is 15.2 Å². The predicted octanol–water partition coefficient (Wildman–Crippen LogP) is 1.08. The summed E-state index contributed by atoms with van der Waals surface area (Å²) in [6.45, 7) is 5.17. The first-order chi connectivity index (χ1) is 7.12. The second-order valence-corrected chi connectivity index (χ2v) is 4.32. The fourth-order valence-corrected chi connectivity index (χ4v) is 1.86. The number of hydrogen-bond acceptors (Lipinski definition) is 4. The number of hydrogen-bond donors (Lipinski definition) is 1. The standard InChI is InChI=1S/C11H21NO3/c1-3-14-10(13)11(2,8-12)7-9-5-4-6-15-9/h9H,3-8,12H2,1-2H3. The van der Waals surface area contributed by atoms with E-state index in [0.717, 1.165) is 19.4 Å². The summed E-state index contributed by atoms with van der Waals surface area (Å²) >= 11 is 0. The second kappa shape index (κ2) is 5.47. The van der Waals surface area contributed by atoms with Gasteiger partial charge in [0.1, 0.15) is 0 Å². The molecule has 0 aromatic carbocycles. The summed E-state index contributed by atoms with van der Waals surface area (Å²) in [5.41, 5.74) is 5.07. The minimum atomic E-state index is -0.592. The molecule has 0 saturated carbocycles. The first-order valence-corrected chi connectivity index (χ1v) is 5.61. The lowest BCUT2D eigenvalue weighted by Gasteiger charge is -2.27. The van der Waals surface area contributed by atoms with Crippen LogP contribution in [0.4, 0.5) is 0 Å². The topological polar surface area (TPSA) is 61.5 Å². The van der Waals surface area contributed by atoms with Gasteiger partial charge in [-0.2, -0.15) is 0 Å². The van der Waals surface area contributed by atoms with Gasteiger partial charge in [-0.05, 0) is 33.1 Å². The predicted molar refractivity (Wildman–Crippen MR) is 57.4 cm³/mol. The molecule has 2 atom stereocenters. The van der Waals surface area contributed by atoms with Gasteiger partial charge in [-0.25, -0.2) is 0 Å². The van der Waals surface area contributed by atoms with Gasteiger partial charge in [0.25, 0.3) is 0 Å². The largest absolute Gasteiger partial charge is 0.466 e. The van der Waals surface area contributed by atoms with Gasteiger partial charge >= 0.3 is 5.97 Å². The molecule has 4 heteroatoms. The molecule has 0 radical (unpaired) electrons. The molecule has 2 N–H and O–H groups in total. The lowest BCUT2D eigenvalue weighted by Crippen LogP contribution is -2.40. The smallest absolute Gasteiger partial charge is 0.313 e. The third-order valence-corrected chi connectivity index (χ3v) is 2.92. The van der Waals surface area contributed by atoms with Crippen molar-refractivity contribution in [3.05, 3.63) is 0 Å². The number of ether oxygens (including phenoxy) is 2. The molecule has 0 amide bonds. The Labute approximate surface area is 91.1 Å². The van der Waals surface area contributed by atoms with Crippen LogP contribution in [-0.4, -0.2) is 31.8 Å². The third kappa shape index (κ3) is 3.18. The highest BCUT2D eigenvalue weighted by molar-refractivity contribution is 5.76. The normalized spacial score (nSPS) is 24.9. The highest BCUT2D eigenvalue weighted by Crippen LogP contribution is 2.29. The number of carbonyl (C=O) groups is 1. The number of nitrogens with two attached hydrogens (primary N) is 1. The number of carbonyl (C=O) groups excluding carboxylic acids is 1. The molecule has 15 heavy (non-hydrogen) atoms. The van der Waals surface area contributed by atoms with Gasteiger partial charge in [0.2, 0.25) is 0 Å². The first kappa shape index (κ1) is 12.5. The van der Waals surface area contributed by atoms with Gasteiger partial charge in [0, 0.05) is 13.2 Å². The zero-order valence-corrected chi connectivity index (χ0v) is 9.62. The van der Waals surface area contributed by atoms with Crippen LogP contribution in [0.2, 0.25) is 0 Å². The number of esters is 1. The molecule has 0 bridgehead atoms. The average Bonchev–Trinajstić information content (AvgIpc) is 2.70. The molecule has 2 unspecified atom stereocenters. The van der Waals surface area contributed by atoms with Crippen LogP contribution in [0, 0.1) is 5.41 Å². The maximum Gasteiger partial charge on any atom is 0.313 e. The molecular formula is C11H21NO3. The maximum atomic E-state index is 11.7. The Morgan fingerprint density at radius 1 is 1.67 bits per heavy atom. The fraction of sp³-hybridized carbons (Fsp3) is 0.909. The second-order valence-electron chi connectivity index (χ2n) is 4.32. The van der Waals surface area contributed by atoms with E-state index < -0.39 is 5.41 Å². The third-order valence-electron chi connectivity index (χ3n) is 2.92. The summed E-state index contributed by atoms with van der Waals surface area (Å²) in [5.74, 6) is -0.206. The van der Waals surface area contributed by atoms with Crippen LogP contribution in [0.1, 0.15) is 33.1 Å². The van der Waals surface area contributed by atoms with E-state index in [1.165, 1.54) is 0 Å². The molecule has 1 aliphatic heterocycles.